The van der Waals surface area contributed by atoms with Crippen molar-refractivity contribution in [1.82, 2.24) is 0 Å². The molecule has 0 aromatic heterocycles. The Kier molecular flexibility index (Phi) is 6.17. The molecular formula is C11H19O3. The third kappa shape index (κ3) is 3.90. The predicted molar refractivity (Wildman–Crippen MR) is 54.6 cm³/mol. The minimum Gasteiger partial charge on any atom is -0.451 e. The Morgan fingerprint density at radius 1 is 1.29 bits per heavy atom. The molecule has 0 aliphatic carbocycles. The van der Waals surface area contributed by atoms with E-state index in [1.807, 2.05) is 27.1 Å². The zero-order chi connectivity index (χ0) is 11.0. The van der Waals surface area contributed by atoms with Gasteiger partial charge in [0.2, 0.25) is 6.29 Å². The zero-order valence-electron chi connectivity index (χ0n) is 9.26. The predicted octanol–water partition coefficient (Wildman–Crippen LogP) is 2.39. The van der Waals surface area contributed by atoms with E-state index in [4.69, 9.17) is 4.74 Å². The monoisotopic (exact) mass is 199 g/mol. The van der Waals surface area contributed by atoms with Gasteiger partial charge in [0.15, 0.2) is 5.60 Å². The van der Waals surface area contributed by atoms with Gasteiger partial charge in [-0.3, -0.25) is 9.59 Å². The van der Waals surface area contributed by atoms with Crippen molar-refractivity contribution in [2.75, 3.05) is 0 Å². The molecule has 0 amide bonds. The minimum atomic E-state index is -0.999. The van der Waals surface area contributed by atoms with Crippen LogP contribution < -0.4 is 0 Å². The lowest BCUT2D eigenvalue weighted by Gasteiger charge is -2.25. The first-order valence-corrected chi connectivity index (χ1v) is 5.25. The molecule has 3 heteroatoms. The first kappa shape index (κ1) is 13.1. The molecule has 0 spiro atoms. The number of hydrogen-bond donors (Lipinski definition) is 0. The Bertz CT molecular complexity index is 189. The highest BCUT2D eigenvalue weighted by molar-refractivity contribution is 5.74. The minimum absolute atomic E-state index is 0.300. The van der Waals surface area contributed by atoms with Crippen molar-refractivity contribution in [1.29, 1.82) is 0 Å². The van der Waals surface area contributed by atoms with Crippen LogP contribution in [0.25, 0.3) is 0 Å². The van der Waals surface area contributed by atoms with E-state index in [-0.39, 0.29) is 5.97 Å². The molecule has 0 aliphatic rings. The van der Waals surface area contributed by atoms with Crippen molar-refractivity contribution in [3.8, 4) is 0 Å². The van der Waals surface area contributed by atoms with Crippen LogP contribution in [0, 0.1) is 0 Å². The highest BCUT2D eigenvalue weighted by Crippen LogP contribution is 2.20. The number of rotatable bonds is 7. The summed E-state index contributed by atoms with van der Waals surface area (Å²) in [4.78, 5) is 22.0. The summed E-state index contributed by atoms with van der Waals surface area (Å²) in [7, 11) is 0. The van der Waals surface area contributed by atoms with Gasteiger partial charge in [-0.1, -0.05) is 27.2 Å². The fraction of sp³-hybridized carbons (Fsp3) is 0.818. The van der Waals surface area contributed by atoms with Crippen LogP contribution in [0.1, 0.15) is 52.9 Å². The van der Waals surface area contributed by atoms with E-state index in [0.29, 0.717) is 19.3 Å². The fourth-order valence-corrected chi connectivity index (χ4v) is 1.32. The number of carbonyl (C=O) groups is 1. The Labute approximate surface area is 85.8 Å². The lowest BCUT2D eigenvalue weighted by molar-refractivity contribution is -0.154. The van der Waals surface area contributed by atoms with Crippen molar-refractivity contribution >= 4 is 12.3 Å². The quantitative estimate of drug-likeness (QED) is 0.591. The molecule has 14 heavy (non-hydrogen) atoms. The Morgan fingerprint density at radius 3 is 2.29 bits per heavy atom. The van der Waals surface area contributed by atoms with Gasteiger partial charge >= 0.3 is 5.97 Å². The topological polar surface area (TPSA) is 43.4 Å². The van der Waals surface area contributed by atoms with E-state index >= 15 is 0 Å². The number of hydrogen-bond acceptors (Lipinski definition) is 3. The maximum absolute atomic E-state index is 11.3. The summed E-state index contributed by atoms with van der Waals surface area (Å²) in [5.41, 5.74) is -0.999. The molecule has 0 fully saturated rings. The van der Waals surface area contributed by atoms with Crippen molar-refractivity contribution < 1.29 is 14.3 Å². The largest absolute Gasteiger partial charge is 0.451 e. The summed E-state index contributed by atoms with van der Waals surface area (Å²) < 4.78 is 5.15. The molecule has 0 aliphatic heterocycles. The molecule has 0 saturated carbocycles. The lowest BCUT2D eigenvalue weighted by atomic mass is 9.96. The van der Waals surface area contributed by atoms with Gasteiger partial charge in [0.1, 0.15) is 0 Å². The Hall–Kier alpha value is -0.860. The van der Waals surface area contributed by atoms with E-state index in [2.05, 4.69) is 0 Å². The Balaban J connectivity index is 4.33. The summed E-state index contributed by atoms with van der Waals surface area (Å²) >= 11 is 0. The van der Waals surface area contributed by atoms with Crippen LogP contribution in [-0.2, 0) is 14.3 Å². The van der Waals surface area contributed by atoms with Crippen LogP contribution in [0.5, 0.6) is 0 Å². The van der Waals surface area contributed by atoms with Gasteiger partial charge in [-0.25, -0.2) is 0 Å². The molecule has 1 atom stereocenters. The molecule has 0 aromatic rings. The lowest BCUT2D eigenvalue weighted by Crippen LogP contribution is -2.36. The molecule has 1 unspecified atom stereocenters. The van der Waals surface area contributed by atoms with Crippen molar-refractivity contribution in [2.45, 2.75) is 58.5 Å². The third-order valence-corrected chi connectivity index (χ3v) is 2.17. The van der Waals surface area contributed by atoms with Crippen LogP contribution in [-0.4, -0.2) is 17.9 Å². The average Bonchev–Trinajstić information content (AvgIpc) is 2.17. The molecule has 1 radical (unpaired) electrons. The second kappa shape index (κ2) is 6.57. The number of carbonyl (C=O) groups excluding carboxylic acids is 2. The van der Waals surface area contributed by atoms with Gasteiger partial charge < -0.3 is 4.74 Å². The normalized spacial score (nSPS) is 14.5. The molecule has 0 heterocycles. The van der Waals surface area contributed by atoms with Gasteiger partial charge in [0.05, 0.1) is 0 Å². The van der Waals surface area contributed by atoms with Crippen LogP contribution in [0.2, 0.25) is 0 Å². The van der Waals surface area contributed by atoms with Crippen LogP contribution >= 0.6 is 0 Å². The summed E-state index contributed by atoms with van der Waals surface area (Å²) in [5, 5.41) is 0. The molecule has 0 N–H and O–H groups in total. The maximum atomic E-state index is 11.3. The van der Waals surface area contributed by atoms with Crippen LogP contribution in [0.3, 0.4) is 0 Å². The van der Waals surface area contributed by atoms with Crippen molar-refractivity contribution in [3.05, 3.63) is 0 Å². The van der Waals surface area contributed by atoms with Crippen LogP contribution in [0.15, 0.2) is 0 Å². The molecular weight excluding hydrogens is 180 g/mol. The maximum Gasteiger partial charge on any atom is 0.306 e. The summed E-state index contributed by atoms with van der Waals surface area (Å²) in [5.74, 6) is -0.300. The molecule has 3 nitrogen and oxygen atoms in total. The highest BCUT2D eigenvalue weighted by atomic mass is 16.6. The van der Waals surface area contributed by atoms with E-state index in [1.165, 1.54) is 0 Å². The van der Waals surface area contributed by atoms with Crippen LogP contribution in [0.4, 0.5) is 0 Å². The number of esters is 1. The van der Waals surface area contributed by atoms with Gasteiger partial charge in [0, 0.05) is 6.42 Å². The molecule has 0 bridgehead atoms. The highest BCUT2D eigenvalue weighted by Gasteiger charge is 2.31. The van der Waals surface area contributed by atoms with Crippen molar-refractivity contribution in [2.24, 2.45) is 0 Å². The molecule has 0 aromatic carbocycles. The molecule has 0 saturated heterocycles. The third-order valence-electron chi connectivity index (χ3n) is 2.17. The number of ether oxygens (including phenoxy) is 1. The van der Waals surface area contributed by atoms with E-state index in [1.54, 1.807) is 0 Å². The standard InChI is InChI=1S/C11H19O3/c1-4-7-10(13)14-11(6-3,9-12)8-5-2/h4-8H2,1-3H3. The van der Waals surface area contributed by atoms with Crippen molar-refractivity contribution in [3.63, 3.8) is 0 Å². The first-order valence-electron chi connectivity index (χ1n) is 5.25. The van der Waals surface area contributed by atoms with Gasteiger partial charge in [0.25, 0.3) is 0 Å². The smallest absolute Gasteiger partial charge is 0.306 e. The first-order chi connectivity index (χ1) is 6.64. The zero-order valence-corrected chi connectivity index (χ0v) is 9.26. The van der Waals surface area contributed by atoms with E-state index in [0.717, 1.165) is 12.8 Å². The van der Waals surface area contributed by atoms with E-state index in [9.17, 15) is 9.59 Å². The summed E-state index contributed by atoms with van der Waals surface area (Å²) in [6.45, 7) is 5.69. The Morgan fingerprint density at radius 2 is 1.93 bits per heavy atom. The fourth-order valence-electron chi connectivity index (χ4n) is 1.32. The molecule has 81 valence electrons. The second-order valence-corrected chi connectivity index (χ2v) is 3.42. The summed E-state index contributed by atoms with van der Waals surface area (Å²) in [6, 6.07) is 0. The van der Waals surface area contributed by atoms with E-state index < -0.39 is 5.60 Å². The molecule has 0 rings (SSSR count). The second-order valence-electron chi connectivity index (χ2n) is 3.42. The van der Waals surface area contributed by atoms with Gasteiger partial charge in [-0.2, -0.15) is 0 Å². The van der Waals surface area contributed by atoms with Gasteiger partial charge in [-0.05, 0) is 19.3 Å². The SMILES string of the molecule is CCCC(=O)OC([C]=O)(CC)CCC. The summed E-state index contributed by atoms with van der Waals surface area (Å²) in [6.07, 6.45) is 4.84. The van der Waals surface area contributed by atoms with Gasteiger partial charge in [-0.15, -0.1) is 0 Å². The average molecular weight is 199 g/mol.